The van der Waals surface area contributed by atoms with Crippen molar-refractivity contribution in [2.45, 2.75) is 13.1 Å². The first-order chi connectivity index (χ1) is 13.4. The number of hydrogen-bond acceptors (Lipinski definition) is 3. The van der Waals surface area contributed by atoms with Crippen molar-refractivity contribution in [3.63, 3.8) is 0 Å². The van der Waals surface area contributed by atoms with E-state index >= 15 is 0 Å². The number of rotatable bonds is 7. The second-order valence-corrected chi connectivity index (χ2v) is 6.79. The van der Waals surface area contributed by atoms with Gasteiger partial charge in [0, 0.05) is 43.5 Å². The maximum Gasteiger partial charge on any atom is 0.236 e. The fourth-order valence-electron chi connectivity index (χ4n) is 2.87. The van der Waals surface area contributed by atoms with Crippen molar-refractivity contribution in [2.75, 3.05) is 20.6 Å². The molecular weight excluding hydrogens is 362 g/mol. The van der Waals surface area contributed by atoms with Crippen molar-refractivity contribution < 1.29 is 13.6 Å². The van der Waals surface area contributed by atoms with Crippen LogP contribution in [-0.2, 0) is 17.9 Å². The van der Waals surface area contributed by atoms with E-state index < -0.39 is 11.6 Å². The first-order valence-corrected chi connectivity index (χ1v) is 8.88. The lowest BCUT2D eigenvalue weighted by molar-refractivity contribution is -0.131. The van der Waals surface area contributed by atoms with Gasteiger partial charge in [0.25, 0.3) is 0 Å². The van der Waals surface area contributed by atoms with Gasteiger partial charge in [0.1, 0.15) is 11.6 Å². The zero-order chi connectivity index (χ0) is 20.1. The minimum Gasteiger partial charge on any atom is -0.340 e. The van der Waals surface area contributed by atoms with Crippen molar-refractivity contribution in [3.8, 4) is 5.69 Å². The molecule has 0 saturated carbocycles. The van der Waals surface area contributed by atoms with Gasteiger partial charge < -0.3 is 4.90 Å². The van der Waals surface area contributed by atoms with Crippen molar-refractivity contribution in [1.82, 2.24) is 19.6 Å². The van der Waals surface area contributed by atoms with Gasteiger partial charge in [0.2, 0.25) is 5.91 Å². The molecule has 7 heteroatoms. The number of aromatic nitrogens is 2. The number of carbonyl (C=O) groups excluding carboxylic acids is 1. The number of nitrogens with zero attached hydrogens (tertiary/aromatic N) is 4. The SMILES string of the molecule is CN(CC(=O)N(C)Cc1cnn(-c2ccccc2)c1)Cc1ccc(F)cc1F. The van der Waals surface area contributed by atoms with E-state index in [0.717, 1.165) is 17.3 Å². The van der Waals surface area contributed by atoms with Crippen molar-refractivity contribution >= 4 is 5.91 Å². The molecule has 3 aromatic rings. The van der Waals surface area contributed by atoms with Gasteiger partial charge >= 0.3 is 0 Å². The minimum absolute atomic E-state index is 0.0996. The van der Waals surface area contributed by atoms with Gasteiger partial charge in [0.15, 0.2) is 0 Å². The lowest BCUT2D eigenvalue weighted by atomic mass is 10.2. The monoisotopic (exact) mass is 384 g/mol. The van der Waals surface area contributed by atoms with E-state index in [1.807, 2.05) is 36.5 Å². The second-order valence-electron chi connectivity index (χ2n) is 6.79. The van der Waals surface area contributed by atoms with Crippen LogP contribution in [0.3, 0.4) is 0 Å². The Morgan fingerprint density at radius 3 is 2.54 bits per heavy atom. The van der Waals surface area contributed by atoms with E-state index in [1.165, 1.54) is 12.1 Å². The van der Waals surface area contributed by atoms with E-state index in [0.29, 0.717) is 12.1 Å². The third kappa shape index (κ3) is 5.01. The number of hydrogen-bond donors (Lipinski definition) is 0. The zero-order valence-corrected chi connectivity index (χ0v) is 15.8. The van der Waals surface area contributed by atoms with Crippen LogP contribution < -0.4 is 0 Å². The Morgan fingerprint density at radius 2 is 1.82 bits per heavy atom. The van der Waals surface area contributed by atoms with Gasteiger partial charge in [-0.15, -0.1) is 0 Å². The zero-order valence-electron chi connectivity index (χ0n) is 15.8. The normalized spacial score (nSPS) is 11.0. The molecule has 0 unspecified atom stereocenters. The number of carbonyl (C=O) groups is 1. The smallest absolute Gasteiger partial charge is 0.236 e. The first-order valence-electron chi connectivity index (χ1n) is 8.88. The molecule has 0 aliphatic carbocycles. The predicted molar refractivity (Wildman–Crippen MR) is 103 cm³/mol. The number of likely N-dealkylation sites (N-methyl/N-ethyl adjacent to an activating group) is 2. The summed E-state index contributed by atoms with van der Waals surface area (Å²) < 4.78 is 28.5. The molecule has 28 heavy (non-hydrogen) atoms. The molecule has 0 spiro atoms. The third-order valence-electron chi connectivity index (χ3n) is 4.36. The Morgan fingerprint density at radius 1 is 1.07 bits per heavy atom. The quantitative estimate of drug-likeness (QED) is 0.628. The Labute approximate surface area is 162 Å². The second kappa shape index (κ2) is 8.75. The maximum absolute atomic E-state index is 13.8. The molecule has 1 amide bonds. The molecule has 1 heterocycles. The van der Waals surface area contributed by atoms with Gasteiger partial charge in [-0.25, -0.2) is 13.5 Å². The largest absolute Gasteiger partial charge is 0.340 e. The molecule has 3 rings (SSSR count). The van der Waals surface area contributed by atoms with Crippen molar-refractivity contribution in [3.05, 3.63) is 83.7 Å². The predicted octanol–water partition coefficient (Wildman–Crippen LogP) is 3.24. The number of benzene rings is 2. The highest BCUT2D eigenvalue weighted by molar-refractivity contribution is 5.77. The third-order valence-corrected chi connectivity index (χ3v) is 4.36. The molecule has 1 aromatic heterocycles. The van der Waals surface area contributed by atoms with E-state index in [1.54, 1.807) is 34.8 Å². The Balaban J connectivity index is 1.55. The molecule has 0 saturated heterocycles. The van der Waals surface area contributed by atoms with Crippen molar-refractivity contribution in [2.24, 2.45) is 0 Å². The molecule has 2 aromatic carbocycles. The van der Waals surface area contributed by atoms with Gasteiger partial charge in [-0.1, -0.05) is 24.3 Å². The summed E-state index contributed by atoms with van der Waals surface area (Å²) in [7, 11) is 3.44. The molecule has 0 radical (unpaired) electrons. The standard InChI is InChI=1S/C21H22F2N4O/c1-25(14-17-8-9-18(22)10-20(17)23)15-21(28)26(2)12-16-11-24-27(13-16)19-6-4-3-5-7-19/h3-11,13H,12,14-15H2,1-2H3. The van der Waals surface area contributed by atoms with E-state index in [-0.39, 0.29) is 19.0 Å². The summed E-state index contributed by atoms with van der Waals surface area (Å²) in [5.41, 5.74) is 2.21. The summed E-state index contributed by atoms with van der Waals surface area (Å²) in [6.07, 6.45) is 3.62. The van der Waals surface area contributed by atoms with E-state index in [9.17, 15) is 13.6 Å². The lowest BCUT2D eigenvalue weighted by Crippen LogP contribution is -2.36. The molecule has 0 aliphatic rings. The number of halogens is 2. The summed E-state index contributed by atoms with van der Waals surface area (Å²) in [4.78, 5) is 15.8. The van der Waals surface area contributed by atoms with Crippen LogP contribution >= 0.6 is 0 Å². The first kappa shape index (κ1) is 19.7. The summed E-state index contributed by atoms with van der Waals surface area (Å²) in [5, 5.41) is 4.33. The highest BCUT2D eigenvalue weighted by Crippen LogP contribution is 2.12. The van der Waals surface area contributed by atoms with Crippen LogP contribution in [0.2, 0.25) is 0 Å². The van der Waals surface area contributed by atoms with Gasteiger partial charge in [-0.2, -0.15) is 5.10 Å². The van der Waals surface area contributed by atoms with Gasteiger partial charge in [-0.3, -0.25) is 9.69 Å². The topological polar surface area (TPSA) is 41.4 Å². The highest BCUT2D eigenvalue weighted by Gasteiger charge is 2.15. The summed E-state index contributed by atoms with van der Waals surface area (Å²) in [6.45, 7) is 0.766. The Bertz CT molecular complexity index is 943. The summed E-state index contributed by atoms with van der Waals surface area (Å²) >= 11 is 0. The summed E-state index contributed by atoms with van der Waals surface area (Å²) in [5.74, 6) is -1.32. The van der Waals surface area contributed by atoms with Crippen LogP contribution in [0.4, 0.5) is 8.78 Å². The maximum atomic E-state index is 13.8. The fraction of sp³-hybridized carbons (Fsp3) is 0.238. The molecule has 146 valence electrons. The van der Waals surface area contributed by atoms with Crippen LogP contribution in [0.25, 0.3) is 5.69 Å². The number of para-hydroxylation sites is 1. The van der Waals surface area contributed by atoms with Gasteiger partial charge in [-0.05, 0) is 25.2 Å². The average molecular weight is 384 g/mol. The van der Waals surface area contributed by atoms with Crippen LogP contribution in [0.5, 0.6) is 0 Å². The Kier molecular flexibility index (Phi) is 6.16. The fourth-order valence-corrected chi connectivity index (χ4v) is 2.87. The Hall–Kier alpha value is -3.06. The van der Waals surface area contributed by atoms with Crippen LogP contribution in [0.15, 0.2) is 60.9 Å². The average Bonchev–Trinajstić information content (AvgIpc) is 3.13. The van der Waals surface area contributed by atoms with Crippen molar-refractivity contribution in [1.29, 1.82) is 0 Å². The molecule has 0 aliphatic heterocycles. The van der Waals surface area contributed by atoms with Gasteiger partial charge in [0.05, 0.1) is 18.4 Å². The highest BCUT2D eigenvalue weighted by atomic mass is 19.1. The molecule has 5 nitrogen and oxygen atoms in total. The summed E-state index contributed by atoms with van der Waals surface area (Å²) in [6, 6.07) is 13.2. The molecule has 0 N–H and O–H groups in total. The molecule has 0 fully saturated rings. The minimum atomic E-state index is -0.615. The van der Waals surface area contributed by atoms with Crippen LogP contribution in [0.1, 0.15) is 11.1 Å². The molecular formula is C21H22F2N4O. The number of amides is 1. The molecule has 0 atom stereocenters. The van der Waals surface area contributed by atoms with E-state index in [4.69, 9.17) is 0 Å². The van der Waals surface area contributed by atoms with Crippen LogP contribution in [-0.4, -0.2) is 46.1 Å². The lowest BCUT2D eigenvalue weighted by Gasteiger charge is -2.21. The molecule has 0 bridgehead atoms. The van der Waals surface area contributed by atoms with Crippen LogP contribution in [0, 0.1) is 11.6 Å². The van der Waals surface area contributed by atoms with E-state index in [2.05, 4.69) is 5.10 Å².